The van der Waals surface area contributed by atoms with Crippen molar-refractivity contribution in [2.45, 2.75) is 11.2 Å². The van der Waals surface area contributed by atoms with E-state index in [0.717, 1.165) is 6.07 Å². The Morgan fingerprint density at radius 3 is 2.31 bits per heavy atom. The van der Waals surface area contributed by atoms with E-state index in [2.05, 4.69) is 4.98 Å². The standard InChI is InChI=1S/C8H9F3N2O2S/c9-8(10,11)6-1-2-7(13-5-6)16(14,15)4-3-12/h1-2,5H,3-4,12H2. The average Bonchev–Trinajstić information content (AvgIpc) is 2.16. The number of aromatic nitrogens is 1. The van der Waals surface area contributed by atoms with Gasteiger partial charge in [-0.15, -0.1) is 0 Å². The molecule has 1 aromatic rings. The second-order valence-electron chi connectivity index (χ2n) is 2.99. The molecule has 0 aliphatic heterocycles. The van der Waals surface area contributed by atoms with E-state index in [1.807, 2.05) is 0 Å². The Kier molecular flexibility index (Phi) is 3.54. The largest absolute Gasteiger partial charge is 0.417 e. The van der Waals surface area contributed by atoms with Crippen LogP contribution in [0.5, 0.6) is 0 Å². The molecule has 0 radical (unpaired) electrons. The molecular weight excluding hydrogens is 245 g/mol. The van der Waals surface area contributed by atoms with E-state index in [1.165, 1.54) is 0 Å². The molecule has 0 aliphatic rings. The number of hydrogen-bond donors (Lipinski definition) is 1. The lowest BCUT2D eigenvalue weighted by Gasteiger charge is -2.06. The van der Waals surface area contributed by atoms with Crippen LogP contribution in [0.4, 0.5) is 13.2 Å². The van der Waals surface area contributed by atoms with Gasteiger partial charge in [-0.2, -0.15) is 13.2 Å². The van der Waals surface area contributed by atoms with Crippen LogP contribution in [0, 0.1) is 0 Å². The van der Waals surface area contributed by atoms with Gasteiger partial charge >= 0.3 is 6.18 Å². The summed E-state index contributed by atoms with van der Waals surface area (Å²) in [4.78, 5) is 3.27. The number of alkyl halides is 3. The average molecular weight is 254 g/mol. The number of rotatable bonds is 3. The zero-order valence-electron chi connectivity index (χ0n) is 8.03. The fourth-order valence-corrected chi connectivity index (χ4v) is 2.00. The zero-order valence-corrected chi connectivity index (χ0v) is 8.85. The molecule has 16 heavy (non-hydrogen) atoms. The van der Waals surface area contributed by atoms with Gasteiger partial charge in [-0.3, -0.25) is 0 Å². The van der Waals surface area contributed by atoms with Gasteiger partial charge in [0.2, 0.25) is 0 Å². The number of halogens is 3. The third kappa shape index (κ3) is 2.92. The van der Waals surface area contributed by atoms with Gasteiger partial charge < -0.3 is 5.73 Å². The van der Waals surface area contributed by atoms with Gasteiger partial charge in [0.1, 0.15) is 0 Å². The fourth-order valence-electron chi connectivity index (χ4n) is 0.992. The highest BCUT2D eigenvalue weighted by Crippen LogP contribution is 2.28. The van der Waals surface area contributed by atoms with Gasteiger partial charge in [0.15, 0.2) is 14.9 Å². The molecule has 0 aliphatic carbocycles. The van der Waals surface area contributed by atoms with E-state index in [4.69, 9.17) is 5.73 Å². The van der Waals surface area contributed by atoms with Crippen LogP contribution in [0.15, 0.2) is 23.4 Å². The van der Waals surface area contributed by atoms with E-state index in [0.29, 0.717) is 12.3 Å². The first-order chi connectivity index (χ1) is 7.27. The molecule has 0 spiro atoms. The molecular formula is C8H9F3N2O2S. The highest BCUT2D eigenvalue weighted by Gasteiger charge is 2.31. The summed E-state index contributed by atoms with van der Waals surface area (Å²) in [5.41, 5.74) is 4.08. The third-order valence-electron chi connectivity index (χ3n) is 1.77. The zero-order chi connectivity index (χ0) is 12.4. The first-order valence-corrected chi connectivity index (χ1v) is 5.88. The minimum Gasteiger partial charge on any atom is -0.329 e. The normalized spacial score (nSPS) is 12.8. The molecule has 0 saturated heterocycles. The molecule has 0 atom stereocenters. The molecule has 8 heteroatoms. The van der Waals surface area contributed by atoms with E-state index < -0.39 is 26.6 Å². The molecule has 1 rings (SSSR count). The van der Waals surface area contributed by atoms with Crippen molar-refractivity contribution in [1.29, 1.82) is 0 Å². The van der Waals surface area contributed by atoms with Gasteiger partial charge in [0.05, 0.1) is 11.3 Å². The molecule has 0 unspecified atom stereocenters. The van der Waals surface area contributed by atoms with Crippen molar-refractivity contribution in [1.82, 2.24) is 4.98 Å². The van der Waals surface area contributed by atoms with E-state index in [1.54, 1.807) is 0 Å². The third-order valence-corrected chi connectivity index (χ3v) is 3.42. The van der Waals surface area contributed by atoms with Crippen LogP contribution in [0.3, 0.4) is 0 Å². The van der Waals surface area contributed by atoms with E-state index >= 15 is 0 Å². The maximum atomic E-state index is 12.2. The Morgan fingerprint density at radius 1 is 1.31 bits per heavy atom. The quantitative estimate of drug-likeness (QED) is 0.867. The van der Waals surface area contributed by atoms with Gasteiger partial charge in [-0.05, 0) is 12.1 Å². The van der Waals surface area contributed by atoms with Gasteiger partial charge in [-0.25, -0.2) is 13.4 Å². The summed E-state index contributed by atoms with van der Waals surface area (Å²) in [5.74, 6) is -0.342. The molecule has 4 nitrogen and oxygen atoms in total. The predicted octanol–water partition coefficient (Wildman–Crippen LogP) is 0.833. The summed E-state index contributed by atoms with van der Waals surface area (Å²) >= 11 is 0. The minimum absolute atomic E-state index is 0.106. The monoisotopic (exact) mass is 254 g/mol. The number of hydrogen-bond acceptors (Lipinski definition) is 4. The lowest BCUT2D eigenvalue weighted by Crippen LogP contribution is -2.17. The van der Waals surface area contributed by atoms with Crippen LogP contribution >= 0.6 is 0 Å². The number of nitrogens with two attached hydrogens (primary N) is 1. The van der Waals surface area contributed by atoms with Gasteiger partial charge in [-0.1, -0.05) is 0 Å². The summed E-state index contributed by atoms with van der Waals surface area (Å²) in [5, 5.41) is -0.397. The lowest BCUT2D eigenvalue weighted by molar-refractivity contribution is -0.137. The molecule has 2 N–H and O–H groups in total. The van der Waals surface area contributed by atoms with Crippen molar-refractivity contribution >= 4 is 9.84 Å². The van der Waals surface area contributed by atoms with Crippen LogP contribution in [0.25, 0.3) is 0 Å². The number of pyridine rings is 1. The Morgan fingerprint density at radius 2 is 1.94 bits per heavy atom. The second kappa shape index (κ2) is 4.38. The SMILES string of the molecule is NCCS(=O)(=O)c1ccc(C(F)(F)F)cn1. The summed E-state index contributed by atoms with van der Waals surface area (Å²) in [7, 11) is -3.68. The summed E-state index contributed by atoms with van der Waals surface area (Å²) in [6.45, 7) is -0.106. The van der Waals surface area contributed by atoms with Crippen LogP contribution in [0.2, 0.25) is 0 Å². The van der Waals surface area contributed by atoms with Crippen molar-refractivity contribution in [2.75, 3.05) is 12.3 Å². The second-order valence-corrected chi connectivity index (χ2v) is 5.05. The smallest absolute Gasteiger partial charge is 0.329 e. The number of nitrogens with zero attached hydrogens (tertiary/aromatic N) is 1. The first-order valence-electron chi connectivity index (χ1n) is 4.23. The lowest BCUT2D eigenvalue weighted by atomic mass is 10.3. The van der Waals surface area contributed by atoms with Crippen LogP contribution in [-0.2, 0) is 16.0 Å². The molecule has 0 amide bonds. The summed E-state index contributed by atoms with van der Waals surface area (Å²) in [6.07, 6.45) is -4.04. The fraction of sp³-hybridized carbons (Fsp3) is 0.375. The Bertz CT molecular complexity index is 453. The first kappa shape index (κ1) is 12.9. The van der Waals surface area contributed by atoms with Crippen molar-refractivity contribution in [3.63, 3.8) is 0 Å². The summed E-state index contributed by atoms with van der Waals surface area (Å²) < 4.78 is 59.2. The molecule has 1 aromatic heterocycles. The Balaban J connectivity index is 3.05. The van der Waals surface area contributed by atoms with Gasteiger partial charge in [0.25, 0.3) is 0 Å². The van der Waals surface area contributed by atoms with E-state index in [-0.39, 0.29) is 12.3 Å². The van der Waals surface area contributed by atoms with Crippen molar-refractivity contribution in [2.24, 2.45) is 5.73 Å². The van der Waals surface area contributed by atoms with Crippen molar-refractivity contribution in [3.8, 4) is 0 Å². The van der Waals surface area contributed by atoms with Gasteiger partial charge in [0, 0.05) is 12.7 Å². The maximum Gasteiger partial charge on any atom is 0.417 e. The van der Waals surface area contributed by atoms with E-state index in [9.17, 15) is 21.6 Å². The topological polar surface area (TPSA) is 73.1 Å². The molecule has 0 bridgehead atoms. The number of sulfone groups is 1. The molecule has 0 aromatic carbocycles. The molecule has 0 fully saturated rings. The Labute approximate surface area is 90.2 Å². The highest BCUT2D eigenvalue weighted by atomic mass is 32.2. The van der Waals surface area contributed by atoms with Crippen molar-refractivity contribution < 1.29 is 21.6 Å². The Hall–Kier alpha value is -1.15. The maximum absolute atomic E-state index is 12.2. The van der Waals surface area contributed by atoms with Crippen LogP contribution in [0.1, 0.15) is 5.56 Å². The van der Waals surface area contributed by atoms with Crippen LogP contribution < -0.4 is 5.73 Å². The predicted molar refractivity (Wildman–Crippen MR) is 50.3 cm³/mol. The van der Waals surface area contributed by atoms with Crippen molar-refractivity contribution in [3.05, 3.63) is 23.9 Å². The minimum atomic E-state index is -4.52. The highest BCUT2D eigenvalue weighted by molar-refractivity contribution is 7.91. The molecule has 90 valence electrons. The molecule has 0 saturated carbocycles. The summed E-state index contributed by atoms with van der Waals surface area (Å²) in [6, 6.07) is 1.50. The molecule has 1 heterocycles. The van der Waals surface area contributed by atoms with Crippen LogP contribution in [-0.4, -0.2) is 25.7 Å².